The molecule has 120 valence electrons. The van der Waals surface area contributed by atoms with Gasteiger partial charge < -0.3 is 10.1 Å². The van der Waals surface area contributed by atoms with Crippen molar-refractivity contribution in [3.63, 3.8) is 0 Å². The third-order valence-electron chi connectivity index (χ3n) is 2.96. The van der Waals surface area contributed by atoms with E-state index in [0.717, 1.165) is 0 Å². The fraction of sp³-hybridized carbons (Fsp3) is 0.471. The molecule has 0 heterocycles. The van der Waals surface area contributed by atoms with Gasteiger partial charge in [0.15, 0.2) is 12.4 Å². The van der Waals surface area contributed by atoms with Gasteiger partial charge in [-0.2, -0.15) is 0 Å². The van der Waals surface area contributed by atoms with Crippen LogP contribution >= 0.6 is 0 Å². The molecule has 0 aliphatic carbocycles. The van der Waals surface area contributed by atoms with E-state index < -0.39 is 5.41 Å². The molecule has 0 bridgehead atoms. The van der Waals surface area contributed by atoms with E-state index in [1.54, 1.807) is 24.3 Å². The topological polar surface area (TPSA) is 72.5 Å². The van der Waals surface area contributed by atoms with Crippen LogP contribution < -0.4 is 5.32 Å². The lowest BCUT2D eigenvalue weighted by Crippen LogP contribution is -2.27. The molecule has 5 nitrogen and oxygen atoms in total. The first-order chi connectivity index (χ1) is 10.2. The Hall–Kier alpha value is -2.17. The number of ketones is 1. The van der Waals surface area contributed by atoms with Crippen molar-refractivity contribution in [2.75, 3.05) is 11.9 Å². The van der Waals surface area contributed by atoms with Crippen molar-refractivity contribution in [2.24, 2.45) is 5.41 Å². The van der Waals surface area contributed by atoms with Gasteiger partial charge in [0.05, 0.1) is 0 Å². The van der Waals surface area contributed by atoms with Crippen LogP contribution in [0.3, 0.4) is 0 Å². The zero-order chi connectivity index (χ0) is 16.8. The van der Waals surface area contributed by atoms with Crippen molar-refractivity contribution in [2.45, 2.75) is 40.5 Å². The SMILES string of the molecule is CCCC(=O)OCC(=O)c1ccc(NC(=O)C(C)(C)C)cc1. The van der Waals surface area contributed by atoms with E-state index in [1.807, 2.05) is 27.7 Å². The molecule has 22 heavy (non-hydrogen) atoms. The summed E-state index contributed by atoms with van der Waals surface area (Å²) in [6, 6.07) is 6.53. The van der Waals surface area contributed by atoms with Crippen LogP contribution in [0.4, 0.5) is 5.69 Å². The highest BCUT2D eigenvalue weighted by molar-refractivity contribution is 5.99. The minimum absolute atomic E-state index is 0.0972. The third-order valence-corrected chi connectivity index (χ3v) is 2.96. The number of rotatable bonds is 6. The molecule has 1 aromatic rings. The lowest BCUT2D eigenvalue weighted by molar-refractivity contribution is -0.142. The Balaban J connectivity index is 2.59. The van der Waals surface area contributed by atoms with E-state index in [1.165, 1.54) is 0 Å². The van der Waals surface area contributed by atoms with Crippen LogP contribution in [0.5, 0.6) is 0 Å². The van der Waals surface area contributed by atoms with Crippen molar-refractivity contribution in [3.8, 4) is 0 Å². The van der Waals surface area contributed by atoms with Crippen LogP contribution in [0.25, 0.3) is 0 Å². The summed E-state index contributed by atoms with van der Waals surface area (Å²) < 4.78 is 4.88. The molecule has 1 N–H and O–H groups in total. The summed E-state index contributed by atoms with van der Waals surface area (Å²) >= 11 is 0. The van der Waals surface area contributed by atoms with Gasteiger partial charge in [-0.1, -0.05) is 27.7 Å². The molecule has 0 unspecified atom stereocenters. The van der Waals surface area contributed by atoms with Gasteiger partial charge in [-0.05, 0) is 30.7 Å². The monoisotopic (exact) mass is 305 g/mol. The summed E-state index contributed by atoms with van der Waals surface area (Å²) in [4.78, 5) is 35.0. The Kier molecular flexibility index (Phi) is 6.28. The number of anilines is 1. The highest BCUT2D eigenvalue weighted by Gasteiger charge is 2.21. The minimum atomic E-state index is -0.484. The second-order valence-corrected chi connectivity index (χ2v) is 6.12. The lowest BCUT2D eigenvalue weighted by atomic mass is 9.95. The summed E-state index contributed by atoms with van der Waals surface area (Å²) in [5, 5.41) is 2.78. The molecule has 5 heteroatoms. The van der Waals surface area contributed by atoms with E-state index in [-0.39, 0.29) is 24.3 Å². The third kappa shape index (κ3) is 5.68. The van der Waals surface area contributed by atoms with Gasteiger partial charge in [0.1, 0.15) is 0 Å². The number of hydrogen-bond acceptors (Lipinski definition) is 4. The van der Waals surface area contributed by atoms with E-state index in [0.29, 0.717) is 24.1 Å². The number of carbonyl (C=O) groups is 3. The molecule has 0 aliphatic rings. The van der Waals surface area contributed by atoms with Crippen LogP contribution in [0.15, 0.2) is 24.3 Å². The molecule has 0 spiro atoms. The van der Waals surface area contributed by atoms with Crippen LogP contribution in [-0.2, 0) is 14.3 Å². The molecule has 0 saturated carbocycles. The van der Waals surface area contributed by atoms with E-state index in [4.69, 9.17) is 4.74 Å². The molecule has 1 aromatic carbocycles. The Labute approximate surface area is 131 Å². The largest absolute Gasteiger partial charge is 0.457 e. The number of nitrogens with one attached hydrogen (secondary N) is 1. The maximum Gasteiger partial charge on any atom is 0.306 e. The second kappa shape index (κ2) is 7.73. The smallest absolute Gasteiger partial charge is 0.306 e. The number of ether oxygens (including phenoxy) is 1. The number of esters is 1. The molecule has 0 atom stereocenters. The van der Waals surface area contributed by atoms with Crippen LogP contribution in [0.1, 0.15) is 50.9 Å². The molecular weight excluding hydrogens is 282 g/mol. The molecule has 0 saturated heterocycles. The first kappa shape index (κ1) is 17.9. The van der Waals surface area contributed by atoms with Gasteiger partial charge >= 0.3 is 5.97 Å². The van der Waals surface area contributed by atoms with E-state index >= 15 is 0 Å². The fourth-order valence-electron chi connectivity index (χ4n) is 1.56. The Morgan fingerprint density at radius 1 is 1.09 bits per heavy atom. The quantitative estimate of drug-likeness (QED) is 0.647. The van der Waals surface area contributed by atoms with Crippen LogP contribution in [0.2, 0.25) is 0 Å². The van der Waals surface area contributed by atoms with Crippen molar-refractivity contribution >= 4 is 23.3 Å². The summed E-state index contributed by atoms with van der Waals surface area (Å²) in [6.07, 6.45) is 1.00. The van der Waals surface area contributed by atoms with Crippen LogP contribution in [-0.4, -0.2) is 24.3 Å². The van der Waals surface area contributed by atoms with Crippen molar-refractivity contribution in [3.05, 3.63) is 29.8 Å². The summed E-state index contributed by atoms with van der Waals surface area (Å²) in [7, 11) is 0. The van der Waals surface area contributed by atoms with Gasteiger partial charge in [0.25, 0.3) is 0 Å². The Morgan fingerprint density at radius 2 is 1.68 bits per heavy atom. The van der Waals surface area contributed by atoms with Gasteiger partial charge in [-0.3, -0.25) is 14.4 Å². The molecule has 0 aliphatic heterocycles. The highest BCUT2D eigenvalue weighted by Crippen LogP contribution is 2.18. The van der Waals surface area contributed by atoms with Crippen LogP contribution in [0, 0.1) is 5.41 Å². The molecule has 1 amide bonds. The summed E-state index contributed by atoms with van der Waals surface area (Å²) in [5.74, 6) is -0.733. The molecule has 0 radical (unpaired) electrons. The predicted octanol–water partition coefficient (Wildman–Crippen LogP) is 3.20. The summed E-state index contributed by atoms with van der Waals surface area (Å²) in [6.45, 7) is 7.08. The Bertz CT molecular complexity index is 541. The number of Topliss-reactive ketones (excluding diaryl/α,β-unsaturated/α-hetero) is 1. The van der Waals surface area contributed by atoms with Gasteiger partial charge in [-0.15, -0.1) is 0 Å². The fourth-order valence-corrected chi connectivity index (χ4v) is 1.56. The number of amides is 1. The molecule has 0 aromatic heterocycles. The maximum absolute atomic E-state index is 11.9. The normalized spacial score (nSPS) is 10.9. The minimum Gasteiger partial charge on any atom is -0.457 e. The average molecular weight is 305 g/mol. The molecule has 0 fully saturated rings. The zero-order valence-electron chi connectivity index (χ0n) is 13.6. The van der Waals surface area contributed by atoms with Gasteiger partial charge in [0.2, 0.25) is 5.91 Å². The van der Waals surface area contributed by atoms with Crippen molar-refractivity contribution in [1.29, 1.82) is 0 Å². The second-order valence-electron chi connectivity index (χ2n) is 6.12. The number of hydrogen-bond donors (Lipinski definition) is 1. The molecule has 1 rings (SSSR count). The maximum atomic E-state index is 11.9. The molecular formula is C17H23NO4. The average Bonchev–Trinajstić information content (AvgIpc) is 2.45. The predicted molar refractivity (Wildman–Crippen MR) is 84.7 cm³/mol. The summed E-state index contributed by atoms with van der Waals surface area (Å²) in [5.41, 5.74) is 0.583. The van der Waals surface area contributed by atoms with Gasteiger partial charge in [0, 0.05) is 23.1 Å². The number of benzene rings is 1. The lowest BCUT2D eigenvalue weighted by Gasteiger charge is -2.17. The standard InChI is InChI=1S/C17H23NO4/c1-5-6-15(20)22-11-14(19)12-7-9-13(10-8-12)18-16(21)17(2,3)4/h7-10H,5-6,11H2,1-4H3,(H,18,21). The van der Waals surface area contributed by atoms with Gasteiger partial charge in [-0.25, -0.2) is 0 Å². The number of carbonyl (C=O) groups excluding carboxylic acids is 3. The van der Waals surface area contributed by atoms with Crippen molar-refractivity contribution < 1.29 is 19.1 Å². The first-order valence-corrected chi connectivity index (χ1v) is 7.34. The zero-order valence-corrected chi connectivity index (χ0v) is 13.6. The highest BCUT2D eigenvalue weighted by atomic mass is 16.5. The first-order valence-electron chi connectivity index (χ1n) is 7.34. The van der Waals surface area contributed by atoms with E-state index in [9.17, 15) is 14.4 Å². The van der Waals surface area contributed by atoms with E-state index in [2.05, 4.69) is 5.32 Å². The van der Waals surface area contributed by atoms with Crippen molar-refractivity contribution in [1.82, 2.24) is 0 Å². The Morgan fingerprint density at radius 3 is 2.18 bits per heavy atom.